The van der Waals surface area contributed by atoms with Crippen LogP contribution in [-0.2, 0) is 20.1 Å². The van der Waals surface area contributed by atoms with Crippen LogP contribution < -0.4 is 21.5 Å². The van der Waals surface area contributed by atoms with Gasteiger partial charge in [-0.25, -0.2) is 4.79 Å². The predicted molar refractivity (Wildman–Crippen MR) is 118 cm³/mol. The summed E-state index contributed by atoms with van der Waals surface area (Å²) < 4.78 is 4.36. The molecule has 9 heteroatoms. The number of nitriles is 1. The number of hydrogen-bond acceptors (Lipinski definition) is 6. The quantitative estimate of drug-likeness (QED) is 0.611. The molecule has 1 aliphatic rings. The maximum absolute atomic E-state index is 13.5. The van der Waals surface area contributed by atoms with Gasteiger partial charge in [0.25, 0.3) is 5.56 Å². The van der Waals surface area contributed by atoms with E-state index >= 15 is 0 Å². The molecule has 9 nitrogen and oxygen atoms in total. The molecule has 0 amide bonds. The number of rotatable bonds is 4. The highest BCUT2D eigenvalue weighted by Gasteiger charge is 2.24. The standard InChI is InChI=1S/C22H23N7O2/c1-3-4-11-28-18-19(25-21(28)27-12-9-24-10-13-27)26(2)22(31)29(20(18)30)15-17-8-6-5-7-16(17)14-23/h5-8,24H,9-13,15H2,1-2H3. The summed E-state index contributed by atoms with van der Waals surface area (Å²) in [6.45, 7) is 5.19. The molecule has 1 fully saturated rings. The third-order valence-corrected chi connectivity index (χ3v) is 5.49. The van der Waals surface area contributed by atoms with Crippen molar-refractivity contribution in [1.29, 1.82) is 5.26 Å². The Morgan fingerprint density at radius 3 is 2.61 bits per heavy atom. The van der Waals surface area contributed by atoms with Crippen LogP contribution in [0, 0.1) is 23.2 Å². The molecular formula is C22H23N7O2. The Kier molecular flexibility index (Phi) is 5.61. The van der Waals surface area contributed by atoms with Crippen molar-refractivity contribution in [2.24, 2.45) is 7.05 Å². The van der Waals surface area contributed by atoms with Crippen molar-refractivity contribution in [3.8, 4) is 17.9 Å². The van der Waals surface area contributed by atoms with Gasteiger partial charge in [-0.1, -0.05) is 24.1 Å². The fraction of sp³-hybridized carbons (Fsp3) is 0.364. The first kappa shape index (κ1) is 20.5. The molecule has 0 spiro atoms. The highest BCUT2D eigenvalue weighted by atomic mass is 16.2. The van der Waals surface area contributed by atoms with Crippen molar-refractivity contribution in [3.05, 3.63) is 56.2 Å². The number of benzene rings is 1. The largest absolute Gasteiger partial charge is 0.340 e. The van der Waals surface area contributed by atoms with E-state index in [0.717, 1.165) is 30.7 Å². The highest BCUT2D eigenvalue weighted by Crippen LogP contribution is 2.20. The number of nitrogens with one attached hydrogen (secondary N) is 1. The van der Waals surface area contributed by atoms with Crippen LogP contribution in [0.1, 0.15) is 18.1 Å². The average molecular weight is 417 g/mol. The number of aryl methyl sites for hydroxylation is 1. The zero-order valence-electron chi connectivity index (χ0n) is 17.6. The summed E-state index contributed by atoms with van der Waals surface area (Å²) in [4.78, 5) is 33.4. The van der Waals surface area contributed by atoms with Gasteiger partial charge in [0.05, 0.1) is 24.7 Å². The molecule has 0 atom stereocenters. The van der Waals surface area contributed by atoms with Crippen LogP contribution in [0.15, 0.2) is 33.9 Å². The van der Waals surface area contributed by atoms with E-state index in [9.17, 15) is 14.9 Å². The Balaban J connectivity index is 1.95. The summed E-state index contributed by atoms with van der Waals surface area (Å²) in [6.07, 6.45) is 0. The van der Waals surface area contributed by atoms with Gasteiger partial charge in [-0.15, -0.1) is 5.92 Å². The van der Waals surface area contributed by atoms with Crippen molar-refractivity contribution in [3.63, 3.8) is 0 Å². The van der Waals surface area contributed by atoms with Crippen molar-refractivity contribution in [1.82, 2.24) is 24.0 Å². The molecule has 1 N–H and O–H groups in total. The van der Waals surface area contributed by atoms with Crippen LogP contribution in [0.3, 0.4) is 0 Å². The van der Waals surface area contributed by atoms with Gasteiger partial charge >= 0.3 is 5.69 Å². The molecule has 0 aliphatic carbocycles. The third-order valence-electron chi connectivity index (χ3n) is 5.49. The number of anilines is 1. The zero-order valence-corrected chi connectivity index (χ0v) is 17.6. The molecule has 4 rings (SSSR count). The zero-order chi connectivity index (χ0) is 22.0. The second-order valence-electron chi connectivity index (χ2n) is 7.34. The van der Waals surface area contributed by atoms with E-state index in [1.165, 1.54) is 4.57 Å². The summed E-state index contributed by atoms with van der Waals surface area (Å²) in [6, 6.07) is 9.08. The minimum atomic E-state index is -0.469. The van der Waals surface area contributed by atoms with Gasteiger partial charge in [-0.3, -0.25) is 18.5 Å². The molecule has 3 heterocycles. The molecule has 0 saturated carbocycles. The first-order chi connectivity index (χ1) is 15.1. The number of imidazole rings is 1. The smallest absolute Gasteiger partial charge is 0.332 e. The van der Waals surface area contributed by atoms with Gasteiger partial charge in [0, 0.05) is 33.2 Å². The Hall–Kier alpha value is -3.82. The molecule has 0 radical (unpaired) electrons. The lowest BCUT2D eigenvalue weighted by atomic mass is 10.1. The molecule has 158 valence electrons. The van der Waals surface area contributed by atoms with Gasteiger partial charge in [0.15, 0.2) is 11.2 Å². The summed E-state index contributed by atoms with van der Waals surface area (Å²) >= 11 is 0. The van der Waals surface area contributed by atoms with Gasteiger partial charge in [-0.2, -0.15) is 10.2 Å². The van der Waals surface area contributed by atoms with E-state index < -0.39 is 11.2 Å². The van der Waals surface area contributed by atoms with Crippen LogP contribution in [0.2, 0.25) is 0 Å². The van der Waals surface area contributed by atoms with Gasteiger partial charge in [0.2, 0.25) is 5.95 Å². The van der Waals surface area contributed by atoms with E-state index in [4.69, 9.17) is 0 Å². The SMILES string of the molecule is CC#CCn1c(N2CCNCC2)nc2c1c(=O)n(Cc1ccccc1C#N)c(=O)n2C. The average Bonchev–Trinajstić information content (AvgIpc) is 3.19. The molecule has 1 aliphatic heterocycles. The van der Waals surface area contributed by atoms with Crippen molar-refractivity contribution < 1.29 is 0 Å². The van der Waals surface area contributed by atoms with Crippen LogP contribution >= 0.6 is 0 Å². The van der Waals surface area contributed by atoms with Crippen LogP contribution in [0.25, 0.3) is 11.2 Å². The topological polar surface area (TPSA) is 101 Å². The number of fused-ring (bicyclic) bond motifs is 1. The first-order valence-corrected chi connectivity index (χ1v) is 10.1. The first-order valence-electron chi connectivity index (χ1n) is 10.1. The lowest BCUT2D eigenvalue weighted by Crippen LogP contribution is -2.44. The number of piperazine rings is 1. The molecule has 0 bridgehead atoms. The molecule has 1 aromatic carbocycles. The number of nitrogens with zero attached hydrogens (tertiary/aromatic N) is 6. The Morgan fingerprint density at radius 1 is 1.16 bits per heavy atom. The summed E-state index contributed by atoms with van der Waals surface area (Å²) in [7, 11) is 1.61. The van der Waals surface area contributed by atoms with E-state index in [-0.39, 0.29) is 6.54 Å². The van der Waals surface area contributed by atoms with Crippen molar-refractivity contribution in [2.75, 3.05) is 31.1 Å². The van der Waals surface area contributed by atoms with Crippen LogP contribution in [0.5, 0.6) is 0 Å². The minimum absolute atomic E-state index is 0.0127. The Labute approximate surface area is 179 Å². The van der Waals surface area contributed by atoms with E-state index in [1.807, 2.05) is 0 Å². The van der Waals surface area contributed by atoms with E-state index in [0.29, 0.717) is 34.8 Å². The fourth-order valence-corrected chi connectivity index (χ4v) is 3.85. The molecule has 31 heavy (non-hydrogen) atoms. The molecule has 2 aromatic heterocycles. The molecule has 3 aromatic rings. The van der Waals surface area contributed by atoms with Gasteiger partial charge < -0.3 is 10.2 Å². The fourth-order valence-electron chi connectivity index (χ4n) is 3.85. The maximum atomic E-state index is 13.5. The second kappa shape index (κ2) is 8.50. The van der Waals surface area contributed by atoms with Crippen molar-refractivity contribution >= 4 is 17.1 Å². The summed E-state index contributed by atoms with van der Waals surface area (Å²) in [5.74, 6) is 6.54. The third kappa shape index (κ3) is 3.60. The second-order valence-corrected chi connectivity index (χ2v) is 7.34. The number of aromatic nitrogens is 4. The lowest BCUT2D eigenvalue weighted by Gasteiger charge is -2.28. The maximum Gasteiger partial charge on any atom is 0.332 e. The summed E-state index contributed by atoms with van der Waals surface area (Å²) in [5, 5.41) is 12.7. The van der Waals surface area contributed by atoms with Crippen molar-refractivity contribution in [2.45, 2.75) is 20.0 Å². The Morgan fingerprint density at radius 2 is 1.90 bits per heavy atom. The minimum Gasteiger partial charge on any atom is -0.340 e. The monoisotopic (exact) mass is 417 g/mol. The number of hydrogen-bond donors (Lipinski definition) is 1. The lowest BCUT2D eigenvalue weighted by molar-refractivity contribution is 0.572. The van der Waals surface area contributed by atoms with E-state index in [2.05, 4.69) is 33.1 Å². The highest BCUT2D eigenvalue weighted by molar-refractivity contribution is 5.75. The van der Waals surface area contributed by atoms with Crippen LogP contribution in [0.4, 0.5) is 5.95 Å². The van der Waals surface area contributed by atoms with Gasteiger partial charge in [0.1, 0.15) is 0 Å². The normalized spacial score (nSPS) is 13.6. The van der Waals surface area contributed by atoms with Crippen LogP contribution in [-0.4, -0.2) is 44.9 Å². The molecular weight excluding hydrogens is 394 g/mol. The Bertz CT molecular complexity index is 1360. The molecule has 1 saturated heterocycles. The van der Waals surface area contributed by atoms with E-state index in [1.54, 1.807) is 42.8 Å². The summed E-state index contributed by atoms with van der Waals surface area (Å²) in [5.41, 5.74) is 0.828. The predicted octanol–water partition coefficient (Wildman–Crippen LogP) is 0.250. The van der Waals surface area contributed by atoms with Gasteiger partial charge in [-0.05, 0) is 18.6 Å². The molecule has 0 unspecified atom stereocenters.